The molecule has 94 valence electrons. The maximum atomic E-state index is 11.3. The first-order valence-electron chi connectivity index (χ1n) is 6.16. The summed E-state index contributed by atoms with van der Waals surface area (Å²) in [6.45, 7) is 9.55. The number of amides is 1. The van der Waals surface area contributed by atoms with E-state index in [2.05, 4.69) is 10.2 Å². The maximum absolute atomic E-state index is 11.3. The van der Waals surface area contributed by atoms with Gasteiger partial charge in [0, 0.05) is 13.1 Å². The lowest BCUT2D eigenvalue weighted by atomic mass is 10.1. The van der Waals surface area contributed by atoms with Gasteiger partial charge in [0.05, 0.1) is 0 Å². The van der Waals surface area contributed by atoms with Gasteiger partial charge >= 0.3 is 6.09 Å². The predicted octanol–water partition coefficient (Wildman–Crippen LogP) is 2.00. The number of alkyl carbamates (subject to hydrolysis) is 1. The molecule has 1 amide bonds. The Morgan fingerprint density at radius 1 is 1.25 bits per heavy atom. The second-order valence-corrected chi connectivity index (χ2v) is 5.33. The number of ether oxygens (including phenoxy) is 1. The van der Waals surface area contributed by atoms with Gasteiger partial charge in [-0.2, -0.15) is 0 Å². The van der Waals surface area contributed by atoms with Crippen LogP contribution in [0.1, 0.15) is 40.0 Å². The predicted molar refractivity (Wildman–Crippen MR) is 64.5 cm³/mol. The second kappa shape index (κ2) is 6.09. The lowest BCUT2D eigenvalue weighted by Gasteiger charge is -2.26. The van der Waals surface area contributed by atoms with Crippen LogP contribution in [0.5, 0.6) is 0 Å². The van der Waals surface area contributed by atoms with Crippen molar-refractivity contribution in [3.8, 4) is 0 Å². The Bertz CT molecular complexity index is 218. The highest BCUT2D eigenvalue weighted by Crippen LogP contribution is 2.08. The third kappa shape index (κ3) is 5.95. The molecule has 0 saturated carbocycles. The summed E-state index contributed by atoms with van der Waals surface area (Å²) < 4.78 is 5.16. The van der Waals surface area contributed by atoms with E-state index in [0.29, 0.717) is 6.54 Å². The number of piperidine rings is 1. The third-order valence-corrected chi connectivity index (χ3v) is 2.54. The number of carbonyl (C=O) groups excluding carboxylic acids is 1. The summed E-state index contributed by atoms with van der Waals surface area (Å²) in [5.74, 6) is 0. The van der Waals surface area contributed by atoms with Gasteiger partial charge in [-0.05, 0) is 46.7 Å². The van der Waals surface area contributed by atoms with E-state index in [0.717, 1.165) is 19.6 Å². The van der Waals surface area contributed by atoms with Crippen molar-refractivity contribution in [2.75, 3.05) is 26.2 Å². The van der Waals surface area contributed by atoms with Crippen molar-refractivity contribution in [3.63, 3.8) is 0 Å². The molecule has 0 aromatic rings. The van der Waals surface area contributed by atoms with Gasteiger partial charge in [-0.25, -0.2) is 4.79 Å². The van der Waals surface area contributed by atoms with Crippen LogP contribution in [-0.2, 0) is 4.74 Å². The quantitative estimate of drug-likeness (QED) is 0.803. The molecule has 1 fully saturated rings. The molecule has 1 N–H and O–H groups in total. The molecule has 0 atom stereocenters. The lowest BCUT2D eigenvalue weighted by Crippen LogP contribution is -2.39. The molecule has 0 radical (unpaired) electrons. The molecule has 0 spiro atoms. The van der Waals surface area contributed by atoms with E-state index in [1.54, 1.807) is 0 Å². The fraction of sp³-hybridized carbons (Fsp3) is 0.917. The average molecular weight is 228 g/mol. The molecule has 1 heterocycles. The van der Waals surface area contributed by atoms with Crippen molar-refractivity contribution in [1.29, 1.82) is 0 Å². The molecule has 0 aromatic heterocycles. The fourth-order valence-electron chi connectivity index (χ4n) is 1.81. The SMILES string of the molecule is CC(C)(C)OC(=O)NCCN1CCCCC1. The first-order valence-corrected chi connectivity index (χ1v) is 6.16. The summed E-state index contributed by atoms with van der Waals surface area (Å²) in [5, 5.41) is 2.78. The Balaban J connectivity index is 2.08. The Morgan fingerprint density at radius 2 is 1.88 bits per heavy atom. The number of hydrogen-bond acceptors (Lipinski definition) is 3. The van der Waals surface area contributed by atoms with Gasteiger partial charge in [-0.1, -0.05) is 6.42 Å². The van der Waals surface area contributed by atoms with Gasteiger partial charge in [0.25, 0.3) is 0 Å². The van der Waals surface area contributed by atoms with Crippen LogP contribution in [-0.4, -0.2) is 42.8 Å². The van der Waals surface area contributed by atoms with E-state index in [1.165, 1.54) is 19.3 Å². The number of carbonyl (C=O) groups is 1. The van der Waals surface area contributed by atoms with E-state index in [-0.39, 0.29) is 6.09 Å². The molecule has 0 bridgehead atoms. The molecular weight excluding hydrogens is 204 g/mol. The molecule has 1 aliphatic heterocycles. The zero-order valence-electron chi connectivity index (χ0n) is 10.7. The van der Waals surface area contributed by atoms with Gasteiger partial charge in [0.15, 0.2) is 0 Å². The van der Waals surface area contributed by atoms with Crippen molar-refractivity contribution in [1.82, 2.24) is 10.2 Å². The van der Waals surface area contributed by atoms with E-state index in [1.807, 2.05) is 20.8 Å². The Labute approximate surface area is 98.3 Å². The number of rotatable bonds is 3. The van der Waals surface area contributed by atoms with Gasteiger partial charge in [0.2, 0.25) is 0 Å². The van der Waals surface area contributed by atoms with Crippen LogP contribution in [0.25, 0.3) is 0 Å². The topological polar surface area (TPSA) is 41.6 Å². The normalized spacial score (nSPS) is 18.2. The van der Waals surface area contributed by atoms with Gasteiger partial charge in [-0.3, -0.25) is 0 Å². The molecular formula is C12H24N2O2. The summed E-state index contributed by atoms with van der Waals surface area (Å²) in [6.07, 6.45) is 3.60. The summed E-state index contributed by atoms with van der Waals surface area (Å²) in [6, 6.07) is 0. The highest BCUT2D eigenvalue weighted by Gasteiger charge is 2.16. The van der Waals surface area contributed by atoms with Crippen LogP contribution in [0.2, 0.25) is 0 Å². The first kappa shape index (κ1) is 13.3. The largest absolute Gasteiger partial charge is 0.444 e. The molecule has 1 rings (SSSR count). The van der Waals surface area contributed by atoms with Crippen LogP contribution in [0.3, 0.4) is 0 Å². The van der Waals surface area contributed by atoms with Crippen LogP contribution >= 0.6 is 0 Å². The monoisotopic (exact) mass is 228 g/mol. The van der Waals surface area contributed by atoms with Crippen molar-refractivity contribution < 1.29 is 9.53 Å². The Hall–Kier alpha value is -0.770. The zero-order chi connectivity index (χ0) is 12.0. The third-order valence-electron chi connectivity index (χ3n) is 2.54. The number of likely N-dealkylation sites (tertiary alicyclic amines) is 1. The lowest BCUT2D eigenvalue weighted by molar-refractivity contribution is 0.0520. The minimum Gasteiger partial charge on any atom is -0.444 e. The van der Waals surface area contributed by atoms with Crippen LogP contribution in [0, 0.1) is 0 Å². The second-order valence-electron chi connectivity index (χ2n) is 5.33. The van der Waals surface area contributed by atoms with Crippen molar-refractivity contribution in [2.24, 2.45) is 0 Å². The minimum absolute atomic E-state index is 0.315. The van der Waals surface area contributed by atoms with E-state index < -0.39 is 5.60 Å². The molecule has 1 saturated heterocycles. The minimum atomic E-state index is -0.408. The summed E-state index contributed by atoms with van der Waals surface area (Å²) in [5.41, 5.74) is -0.408. The maximum Gasteiger partial charge on any atom is 0.407 e. The standard InChI is InChI=1S/C12H24N2O2/c1-12(2,3)16-11(15)13-7-10-14-8-5-4-6-9-14/h4-10H2,1-3H3,(H,13,15). The van der Waals surface area contributed by atoms with Gasteiger partial charge in [-0.15, -0.1) is 0 Å². The summed E-state index contributed by atoms with van der Waals surface area (Å²) in [7, 11) is 0. The summed E-state index contributed by atoms with van der Waals surface area (Å²) in [4.78, 5) is 13.7. The summed E-state index contributed by atoms with van der Waals surface area (Å²) >= 11 is 0. The molecule has 4 heteroatoms. The van der Waals surface area contributed by atoms with Gasteiger partial charge < -0.3 is 15.0 Å². The molecule has 0 unspecified atom stereocenters. The number of nitrogens with zero attached hydrogens (tertiary/aromatic N) is 1. The fourth-order valence-corrected chi connectivity index (χ4v) is 1.81. The molecule has 16 heavy (non-hydrogen) atoms. The highest BCUT2D eigenvalue weighted by atomic mass is 16.6. The van der Waals surface area contributed by atoms with Crippen LogP contribution in [0.4, 0.5) is 4.79 Å². The van der Waals surface area contributed by atoms with Gasteiger partial charge in [0.1, 0.15) is 5.60 Å². The smallest absolute Gasteiger partial charge is 0.407 e. The zero-order valence-corrected chi connectivity index (χ0v) is 10.7. The molecule has 0 aliphatic carbocycles. The average Bonchev–Trinajstić information content (AvgIpc) is 2.16. The van der Waals surface area contributed by atoms with E-state index >= 15 is 0 Å². The molecule has 4 nitrogen and oxygen atoms in total. The van der Waals surface area contributed by atoms with Crippen LogP contribution < -0.4 is 5.32 Å². The Morgan fingerprint density at radius 3 is 2.44 bits per heavy atom. The van der Waals surface area contributed by atoms with E-state index in [9.17, 15) is 4.79 Å². The molecule has 1 aliphatic rings. The molecule has 0 aromatic carbocycles. The van der Waals surface area contributed by atoms with Crippen molar-refractivity contribution >= 4 is 6.09 Å². The van der Waals surface area contributed by atoms with Crippen molar-refractivity contribution in [3.05, 3.63) is 0 Å². The number of hydrogen-bond donors (Lipinski definition) is 1. The Kier molecular flexibility index (Phi) is 5.06. The highest BCUT2D eigenvalue weighted by molar-refractivity contribution is 5.67. The van der Waals surface area contributed by atoms with Crippen molar-refractivity contribution in [2.45, 2.75) is 45.6 Å². The van der Waals surface area contributed by atoms with Crippen LogP contribution in [0.15, 0.2) is 0 Å². The first-order chi connectivity index (χ1) is 7.47. The number of nitrogens with one attached hydrogen (secondary N) is 1. The van der Waals surface area contributed by atoms with E-state index in [4.69, 9.17) is 4.74 Å².